The van der Waals surface area contributed by atoms with Gasteiger partial charge in [-0.25, -0.2) is 9.59 Å². The average molecular weight is 367 g/mol. The van der Waals surface area contributed by atoms with Crippen molar-refractivity contribution < 1.29 is 23.5 Å². The van der Waals surface area contributed by atoms with Crippen molar-refractivity contribution >= 4 is 40.5 Å². The SMILES string of the molecule is Cc1c(C(=O)OCC(=O)NC(=O)NC(C)(C)C)oc2ccc(Cl)cc12. The fourth-order valence-corrected chi connectivity index (χ4v) is 2.29. The number of rotatable bonds is 3. The van der Waals surface area contributed by atoms with Crippen LogP contribution in [0, 0.1) is 6.92 Å². The normalized spacial score (nSPS) is 11.2. The van der Waals surface area contributed by atoms with Crippen LogP contribution in [0.15, 0.2) is 22.6 Å². The molecule has 7 nitrogen and oxygen atoms in total. The second-order valence-corrected chi connectivity index (χ2v) is 6.96. The number of amides is 3. The second kappa shape index (κ2) is 7.14. The molecule has 3 amide bonds. The fourth-order valence-electron chi connectivity index (χ4n) is 2.12. The van der Waals surface area contributed by atoms with E-state index in [1.807, 2.05) is 0 Å². The first-order valence-electron chi connectivity index (χ1n) is 7.54. The molecule has 1 aromatic heterocycles. The highest BCUT2D eigenvalue weighted by molar-refractivity contribution is 6.31. The number of esters is 1. The molecule has 0 aliphatic carbocycles. The van der Waals surface area contributed by atoms with Crippen molar-refractivity contribution in [2.24, 2.45) is 0 Å². The molecular formula is C17H19ClN2O5. The number of fused-ring (bicyclic) bond motifs is 1. The predicted octanol–water partition coefficient (Wildman–Crippen LogP) is 3.18. The Hall–Kier alpha value is -2.54. The number of furan rings is 1. The number of carbonyl (C=O) groups is 3. The van der Waals surface area contributed by atoms with Crippen LogP contribution >= 0.6 is 11.6 Å². The highest BCUT2D eigenvalue weighted by atomic mass is 35.5. The van der Waals surface area contributed by atoms with Crippen molar-refractivity contribution in [1.29, 1.82) is 0 Å². The zero-order chi connectivity index (χ0) is 18.8. The largest absolute Gasteiger partial charge is 0.450 e. The summed E-state index contributed by atoms with van der Waals surface area (Å²) in [4.78, 5) is 35.4. The van der Waals surface area contributed by atoms with E-state index in [0.717, 1.165) is 0 Å². The van der Waals surface area contributed by atoms with Gasteiger partial charge in [0.1, 0.15) is 5.58 Å². The molecule has 8 heteroatoms. The average Bonchev–Trinajstić information content (AvgIpc) is 2.80. The molecule has 1 aromatic carbocycles. The van der Waals surface area contributed by atoms with E-state index in [1.54, 1.807) is 45.9 Å². The van der Waals surface area contributed by atoms with E-state index in [-0.39, 0.29) is 5.76 Å². The van der Waals surface area contributed by atoms with E-state index in [4.69, 9.17) is 20.8 Å². The van der Waals surface area contributed by atoms with Gasteiger partial charge in [-0.15, -0.1) is 0 Å². The van der Waals surface area contributed by atoms with Crippen LogP contribution in [0.2, 0.25) is 5.02 Å². The fraction of sp³-hybridized carbons (Fsp3) is 0.353. The number of urea groups is 1. The second-order valence-electron chi connectivity index (χ2n) is 6.53. The maximum atomic E-state index is 12.1. The summed E-state index contributed by atoms with van der Waals surface area (Å²) in [5, 5.41) is 5.84. The topological polar surface area (TPSA) is 97.6 Å². The van der Waals surface area contributed by atoms with E-state index >= 15 is 0 Å². The molecule has 0 fully saturated rings. The van der Waals surface area contributed by atoms with Gasteiger partial charge in [0, 0.05) is 21.5 Å². The molecule has 0 saturated heterocycles. The first-order valence-corrected chi connectivity index (χ1v) is 7.92. The summed E-state index contributed by atoms with van der Waals surface area (Å²) in [6, 6.07) is 4.30. The van der Waals surface area contributed by atoms with Crippen LogP contribution in [-0.4, -0.2) is 30.1 Å². The number of hydrogen-bond donors (Lipinski definition) is 2. The summed E-state index contributed by atoms with van der Waals surface area (Å²) in [6.45, 7) is 6.40. The predicted molar refractivity (Wildman–Crippen MR) is 92.7 cm³/mol. The molecule has 0 spiro atoms. The molecule has 0 saturated carbocycles. The van der Waals surface area contributed by atoms with Gasteiger partial charge in [-0.1, -0.05) is 11.6 Å². The van der Waals surface area contributed by atoms with Crippen molar-refractivity contribution in [3.63, 3.8) is 0 Å². The third-order valence-corrected chi connectivity index (χ3v) is 3.39. The van der Waals surface area contributed by atoms with Gasteiger partial charge in [-0.05, 0) is 45.9 Å². The maximum Gasteiger partial charge on any atom is 0.375 e. The summed E-state index contributed by atoms with van der Waals surface area (Å²) >= 11 is 5.93. The third-order valence-electron chi connectivity index (χ3n) is 3.16. The van der Waals surface area contributed by atoms with Crippen LogP contribution < -0.4 is 10.6 Å². The number of benzene rings is 1. The number of hydrogen-bond acceptors (Lipinski definition) is 5. The van der Waals surface area contributed by atoms with Gasteiger partial charge in [0.2, 0.25) is 5.76 Å². The summed E-state index contributed by atoms with van der Waals surface area (Å²) < 4.78 is 10.4. The van der Waals surface area contributed by atoms with Gasteiger partial charge in [0.15, 0.2) is 6.61 Å². The van der Waals surface area contributed by atoms with Gasteiger partial charge < -0.3 is 14.5 Å². The zero-order valence-corrected chi connectivity index (χ0v) is 15.1. The molecule has 1 heterocycles. The van der Waals surface area contributed by atoms with Gasteiger partial charge in [0.05, 0.1) is 0 Å². The van der Waals surface area contributed by atoms with E-state index in [1.165, 1.54) is 0 Å². The van der Waals surface area contributed by atoms with Crippen molar-refractivity contribution in [2.45, 2.75) is 33.2 Å². The van der Waals surface area contributed by atoms with Crippen LogP contribution in [0.1, 0.15) is 36.9 Å². The molecule has 2 rings (SSSR count). The summed E-state index contributed by atoms with van der Waals surface area (Å²) in [7, 11) is 0. The van der Waals surface area contributed by atoms with E-state index in [9.17, 15) is 14.4 Å². The zero-order valence-electron chi connectivity index (χ0n) is 14.4. The van der Waals surface area contributed by atoms with Gasteiger partial charge >= 0.3 is 12.0 Å². The first-order chi connectivity index (χ1) is 11.6. The molecule has 0 aliphatic heterocycles. The number of carbonyl (C=O) groups excluding carboxylic acids is 3. The minimum absolute atomic E-state index is 0.00999. The lowest BCUT2D eigenvalue weighted by molar-refractivity contribution is -0.123. The molecule has 0 unspecified atom stereocenters. The monoisotopic (exact) mass is 366 g/mol. The Labute approximate surface area is 149 Å². The van der Waals surface area contributed by atoms with Gasteiger partial charge in [-0.2, -0.15) is 0 Å². The molecule has 25 heavy (non-hydrogen) atoms. The van der Waals surface area contributed by atoms with Crippen LogP contribution in [0.5, 0.6) is 0 Å². The third kappa shape index (κ3) is 4.96. The lowest BCUT2D eigenvalue weighted by Gasteiger charge is -2.20. The molecule has 2 aromatic rings. The van der Waals surface area contributed by atoms with E-state index < -0.39 is 30.1 Å². The molecular weight excluding hydrogens is 348 g/mol. The minimum atomic E-state index is -0.795. The molecule has 0 atom stereocenters. The molecule has 0 aliphatic rings. The molecule has 2 N–H and O–H groups in total. The van der Waals surface area contributed by atoms with Crippen LogP contribution in [-0.2, 0) is 9.53 Å². The van der Waals surface area contributed by atoms with Crippen LogP contribution in [0.25, 0.3) is 11.0 Å². The highest BCUT2D eigenvalue weighted by Crippen LogP contribution is 2.28. The number of nitrogens with one attached hydrogen (secondary N) is 2. The van der Waals surface area contributed by atoms with Crippen LogP contribution in [0.3, 0.4) is 0 Å². The number of ether oxygens (including phenoxy) is 1. The Kier molecular flexibility index (Phi) is 5.37. The Morgan fingerprint density at radius 2 is 1.92 bits per heavy atom. The number of aryl methyl sites for hydroxylation is 1. The van der Waals surface area contributed by atoms with Crippen molar-refractivity contribution in [1.82, 2.24) is 10.6 Å². The summed E-state index contributed by atoms with van der Waals surface area (Å²) in [5.74, 6) is -1.55. The number of halogens is 1. The quantitative estimate of drug-likeness (QED) is 0.813. The first kappa shape index (κ1) is 18.8. The van der Waals surface area contributed by atoms with Crippen LogP contribution in [0.4, 0.5) is 4.79 Å². The highest BCUT2D eigenvalue weighted by Gasteiger charge is 2.21. The van der Waals surface area contributed by atoms with Crippen molar-refractivity contribution in [3.8, 4) is 0 Å². The standard InChI is InChI=1S/C17H19ClN2O5/c1-9-11-7-10(18)5-6-12(11)25-14(9)15(22)24-8-13(21)19-16(23)20-17(2,3)4/h5-7H,8H2,1-4H3,(H2,19,20,21,23). The Bertz CT molecular complexity index is 835. The maximum absolute atomic E-state index is 12.1. The smallest absolute Gasteiger partial charge is 0.375 e. The van der Waals surface area contributed by atoms with Gasteiger partial charge in [0.25, 0.3) is 5.91 Å². The van der Waals surface area contributed by atoms with E-state index in [0.29, 0.717) is 21.6 Å². The Morgan fingerprint density at radius 3 is 2.56 bits per heavy atom. The van der Waals surface area contributed by atoms with Gasteiger partial charge in [-0.3, -0.25) is 10.1 Å². The lowest BCUT2D eigenvalue weighted by atomic mass is 10.1. The molecule has 0 radical (unpaired) electrons. The van der Waals surface area contributed by atoms with E-state index in [2.05, 4.69) is 10.6 Å². The Balaban J connectivity index is 1.97. The van der Waals surface area contributed by atoms with Crippen molar-refractivity contribution in [3.05, 3.63) is 34.5 Å². The van der Waals surface area contributed by atoms with Crippen molar-refractivity contribution in [2.75, 3.05) is 6.61 Å². The lowest BCUT2D eigenvalue weighted by Crippen LogP contribution is -2.49. The molecule has 0 bridgehead atoms. The molecule has 134 valence electrons. The minimum Gasteiger partial charge on any atom is -0.450 e. The summed E-state index contributed by atoms with van der Waals surface area (Å²) in [6.07, 6.45) is 0. The Morgan fingerprint density at radius 1 is 1.24 bits per heavy atom. The number of imide groups is 1. The summed E-state index contributed by atoms with van der Waals surface area (Å²) in [5.41, 5.74) is 0.560.